The first-order valence-corrected chi connectivity index (χ1v) is 5.78. The highest BCUT2D eigenvalue weighted by Crippen LogP contribution is 2.34. The first-order valence-electron chi connectivity index (χ1n) is 5.78. The molecule has 0 bridgehead atoms. The van der Waals surface area contributed by atoms with Crippen LogP contribution < -0.4 is 0 Å². The summed E-state index contributed by atoms with van der Waals surface area (Å²) in [6, 6.07) is 11.6. The van der Waals surface area contributed by atoms with Crippen molar-refractivity contribution in [3.05, 3.63) is 35.4 Å². The zero-order chi connectivity index (χ0) is 10.5. The van der Waals surface area contributed by atoms with E-state index in [0.717, 1.165) is 0 Å². The Morgan fingerprint density at radius 2 is 2.13 bits per heavy atom. The molecule has 0 saturated heterocycles. The minimum Gasteiger partial charge on any atom is -0.198 e. The third-order valence-corrected chi connectivity index (χ3v) is 3.26. The number of hydrogen-bond donors (Lipinski definition) is 0. The van der Waals surface area contributed by atoms with Crippen molar-refractivity contribution in [2.24, 2.45) is 0 Å². The fourth-order valence-electron chi connectivity index (χ4n) is 2.50. The molecule has 0 heterocycles. The minimum atomic E-state index is 0.531. The first kappa shape index (κ1) is 10.2. The second-order valence-corrected chi connectivity index (χ2v) is 4.28. The maximum atomic E-state index is 8.78. The Hall–Kier alpha value is -1.29. The van der Waals surface area contributed by atoms with Crippen molar-refractivity contribution >= 4 is 0 Å². The van der Waals surface area contributed by atoms with Gasteiger partial charge < -0.3 is 0 Å². The Kier molecular flexibility index (Phi) is 3.40. The molecule has 1 radical (unpaired) electrons. The molecule has 15 heavy (non-hydrogen) atoms. The van der Waals surface area contributed by atoms with E-state index in [1.165, 1.54) is 43.2 Å². The molecule has 77 valence electrons. The van der Waals surface area contributed by atoms with Crippen LogP contribution in [-0.2, 0) is 6.42 Å². The van der Waals surface area contributed by atoms with Gasteiger partial charge in [-0.15, -0.1) is 0 Å². The van der Waals surface area contributed by atoms with Gasteiger partial charge in [-0.25, -0.2) is 0 Å². The molecule has 1 saturated carbocycles. The molecule has 1 fully saturated rings. The highest BCUT2D eigenvalue weighted by atomic mass is 14.3. The number of benzene rings is 1. The van der Waals surface area contributed by atoms with Gasteiger partial charge >= 0.3 is 0 Å². The molecule has 0 atom stereocenters. The lowest BCUT2D eigenvalue weighted by Crippen LogP contribution is -2.07. The maximum Gasteiger partial charge on any atom is 0.0669 e. The number of nitrogens with zero attached hydrogens (tertiary/aromatic N) is 1. The average Bonchev–Trinajstić information content (AvgIpc) is 2.31. The molecule has 0 N–H and O–H groups in total. The summed E-state index contributed by atoms with van der Waals surface area (Å²) in [7, 11) is 0. The molecule has 1 heteroatoms. The second-order valence-electron chi connectivity index (χ2n) is 4.28. The van der Waals surface area contributed by atoms with Crippen LogP contribution in [0, 0.1) is 17.4 Å². The van der Waals surface area contributed by atoms with Crippen molar-refractivity contribution in [2.75, 3.05) is 0 Å². The van der Waals surface area contributed by atoms with Crippen LogP contribution in [0.1, 0.15) is 49.1 Å². The van der Waals surface area contributed by atoms with Crippen LogP contribution in [0.5, 0.6) is 0 Å². The summed E-state index contributed by atoms with van der Waals surface area (Å²) in [6.07, 6.45) is 7.12. The maximum absolute atomic E-state index is 8.78. The van der Waals surface area contributed by atoms with Gasteiger partial charge in [0.25, 0.3) is 0 Å². The molecule has 1 nitrogen and oxygen atoms in total. The van der Waals surface area contributed by atoms with E-state index in [1.54, 1.807) is 0 Å². The van der Waals surface area contributed by atoms with E-state index in [9.17, 15) is 0 Å². The number of hydrogen-bond acceptors (Lipinski definition) is 1. The van der Waals surface area contributed by atoms with Crippen LogP contribution in [0.3, 0.4) is 0 Å². The van der Waals surface area contributed by atoms with Crippen molar-refractivity contribution in [3.63, 3.8) is 0 Å². The molecule has 0 spiro atoms. The lowest BCUT2D eigenvalue weighted by molar-refractivity contribution is 0.441. The van der Waals surface area contributed by atoms with E-state index in [1.807, 2.05) is 12.1 Å². The van der Waals surface area contributed by atoms with Crippen molar-refractivity contribution in [1.82, 2.24) is 0 Å². The van der Waals surface area contributed by atoms with Crippen molar-refractivity contribution < 1.29 is 0 Å². The predicted octanol–water partition coefficient (Wildman–Crippen LogP) is 3.60. The first-order chi connectivity index (χ1) is 7.42. The van der Waals surface area contributed by atoms with Crippen LogP contribution in [0.2, 0.25) is 0 Å². The average molecular weight is 198 g/mol. The minimum absolute atomic E-state index is 0.531. The topological polar surface area (TPSA) is 23.8 Å². The number of rotatable bonds is 2. The largest absolute Gasteiger partial charge is 0.198 e. The van der Waals surface area contributed by atoms with Crippen molar-refractivity contribution in [1.29, 1.82) is 5.26 Å². The SMILES string of the molecule is N#CCc1ccc[c]c1C1CCCCC1. The second kappa shape index (κ2) is 4.98. The molecular weight excluding hydrogens is 182 g/mol. The van der Waals surface area contributed by atoms with Crippen molar-refractivity contribution in [2.45, 2.75) is 44.4 Å². The Labute approximate surface area is 91.7 Å². The third-order valence-electron chi connectivity index (χ3n) is 3.26. The molecule has 2 rings (SSSR count). The molecule has 1 aliphatic rings. The molecule has 1 aromatic carbocycles. The highest BCUT2D eigenvalue weighted by molar-refractivity contribution is 5.31. The van der Waals surface area contributed by atoms with Gasteiger partial charge in [0, 0.05) is 0 Å². The number of nitriles is 1. The Balaban J connectivity index is 2.21. The molecule has 0 amide bonds. The zero-order valence-electron chi connectivity index (χ0n) is 9.00. The van der Waals surface area contributed by atoms with Crippen LogP contribution in [-0.4, -0.2) is 0 Å². The Morgan fingerprint density at radius 3 is 2.87 bits per heavy atom. The Morgan fingerprint density at radius 1 is 1.33 bits per heavy atom. The van der Waals surface area contributed by atoms with Crippen LogP contribution in [0.15, 0.2) is 18.2 Å². The van der Waals surface area contributed by atoms with Crippen molar-refractivity contribution in [3.8, 4) is 6.07 Å². The normalized spacial score (nSPS) is 17.3. The smallest absolute Gasteiger partial charge is 0.0669 e. The van der Waals surface area contributed by atoms with Crippen LogP contribution in [0.4, 0.5) is 0 Å². The van der Waals surface area contributed by atoms with Gasteiger partial charge in [0.1, 0.15) is 0 Å². The summed E-state index contributed by atoms with van der Waals surface area (Å²) in [5.74, 6) is 0.656. The lowest BCUT2D eigenvalue weighted by Gasteiger charge is -2.23. The van der Waals surface area contributed by atoms with E-state index in [2.05, 4.69) is 18.2 Å². The van der Waals surface area contributed by atoms with Gasteiger partial charge in [0.15, 0.2) is 0 Å². The van der Waals surface area contributed by atoms with Gasteiger partial charge in [-0.1, -0.05) is 37.5 Å². The summed E-state index contributed by atoms with van der Waals surface area (Å²) in [5.41, 5.74) is 2.49. The molecule has 0 aromatic heterocycles. The summed E-state index contributed by atoms with van der Waals surface area (Å²) in [5, 5.41) is 8.78. The fraction of sp³-hybridized carbons (Fsp3) is 0.500. The van der Waals surface area contributed by atoms with Gasteiger partial charge in [-0.3, -0.25) is 0 Å². The highest BCUT2D eigenvalue weighted by Gasteiger charge is 2.17. The molecular formula is C14H16N. The van der Waals surface area contributed by atoms with Gasteiger partial charge in [-0.2, -0.15) is 5.26 Å². The molecule has 1 aromatic rings. The Bertz CT molecular complexity index is 356. The predicted molar refractivity (Wildman–Crippen MR) is 60.4 cm³/mol. The van der Waals surface area contributed by atoms with E-state index in [4.69, 9.17) is 5.26 Å². The summed E-state index contributed by atoms with van der Waals surface area (Å²) in [6.45, 7) is 0. The summed E-state index contributed by atoms with van der Waals surface area (Å²) >= 11 is 0. The molecule has 1 aliphatic carbocycles. The quantitative estimate of drug-likeness (QED) is 0.712. The van der Waals surface area contributed by atoms with Crippen LogP contribution >= 0.6 is 0 Å². The van der Waals surface area contributed by atoms with Gasteiger partial charge in [0.05, 0.1) is 12.5 Å². The molecule has 0 aliphatic heterocycles. The third kappa shape index (κ3) is 2.39. The zero-order valence-corrected chi connectivity index (χ0v) is 9.00. The van der Waals surface area contributed by atoms with E-state index >= 15 is 0 Å². The monoisotopic (exact) mass is 198 g/mol. The van der Waals surface area contributed by atoms with Crippen LogP contribution in [0.25, 0.3) is 0 Å². The van der Waals surface area contributed by atoms with E-state index in [0.29, 0.717) is 12.3 Å². The summed E-state index contributed by atoms with van der Waals surface area (Å²) < 4.78 is 0. The standard InChI is InChI=1S/C14H16N/c15-11-10-13-8-4-5-9-14(13)12-6-2-1-3-7-12/h4-5,8,12H,1-3,6-7,10H2. The summed E-state index contributed by atoms with van der Waals surface area (Å²) in [4.78, 5) is 0. The molecule has 0 unspecified atom stereocenters. The lowest BCUT2D eigenvalue weighted by atomic mass is 9.82. The van der Waals surface area contributed by atoms with Gasteiger partial charge in [-0.05, 0) is 36.0 Å². The van der Waals surface area contributed by atoms with E-state index < -0.39 is 0 Å². The van der Waals surface area contributed by atoms with Gasteiger partial charge in [0.2, 0.25) is 0 Å². The fourth-order valence-corrected chi connectivity index (χ4v) is 2.50. The van der Waals surface area contributed by atoms with E-state index in [-0.39, 0.29) is 0 Å².